The lowest BCUT2D eigenvalue weighted by Crippen LogP contribution is -2.48. The first kappa shape index (κ1) is 16.9. The predicted molar refractivity (Wildman–Crippen MR) is 105 cm³/mol. The molecule has 0 radical (unpaired) electrons. The third kappa shape index (κ3) is 2.45. The van der Waals surface area contributed by atoms with Gasteiger partial charge in [0.15, 0.2) is 0 Å². The van der Waals surface area contributed by atoms with Crippen molar-refractivity contribution < 1.29 is 4.40 Å². The van der Waals surface area contributed by atoms with Crippen LogP contribution in [-0.4, -0.2) is 43.1 Å². The molecule has 1 N–H and O–H groups in total. The molecule has 3 heterocycles. The normalized spacial score (nSPS) is 15.9. The maximum Gasteiger partial charge on any atom is 0.250 e. The molecule has 3 aromatic rings. The predicted octanol–water partition coefficient (Wildman–Crippen LogP) is 2.96. The van der Waals surface area contributed by atoms with Crippen molar-refractivity contribution in [2.45, 2.75) is 26.7 Å². The average molecular weight is 348 g/mol. The minimum atomic E-state index is 0.349. The zero-order valence-corrected chi connectivity index (χ0v) is 16.0. The summed E-state index contributed by atoms with van der Waals surface area (Å²) in [4.78, 5) is 8.37. The van der Waals surface area contributed by atoms with Crippen LogP contribution in [0.15, 0.2) is 24.3 Å². The van der Waals surface area contributed by atoms with Crippen LogP contribution in [0.4, 0.5) is 5.82 Å². The first-order valence-electron chi connectivity index (χ1n) is 9.35. The fourth-order valence-electron chi connectivity index (χ4n) is 4.23. The number of likely N-dealkylation sites (N-methyl/N-ethyl adjacent to an activating group) is 1. The molecule has 4 rings (SSSR count). The van der Waals surface area contributed by atoms with Crippen molar-refractivity contribution in [1.29, 1.82) is 5.26 Å². The summed E-state index contributed by atoms with van der Waals surface area (Å²) in [5.74, 6) is 1.60. The van der Waals surface area contributed by atoms with E-state index in [1.165, 1.54) is 11.4 Å². The molecule has 5 nitrogen and oxygen atoms in total. The first-order valence-corrected chi connectivity index (χ1v) is 9.35. The van der Waals surface area contributed by atoms with Crippen molar-refractivity contribution >= 4 is 22.5 Å². The number of hydrogen-bond donors (Lipinski definition) is 1. The number of fused-ring (bicyclic) bond motifs is 3. The van der Waals surface area contributed by atoms with Crippen molar-refractivity contribution in [3.63, 3.8) is 0 Å². The van der Waals surface area contributed by atoms with Gasteiger partial charge in [-0.15, -0.1) is 0 Å². The van der Waals surface area contributed by atoms with E-state index in [-0.39, 0.29) is 0 Å². The number of piperazine rings is 1. The molecule has 0 saturated carbocycles. The molecule has 1 aromatic carbocycles. The highest BCUT2D eigenvalue weighted by atomic mass is 15.3. The van der Waals surface area contributed by atoms with Gasteiger partial charge in [0.25, 0.3) is 0 Å². The molecule has 1 aliphatic heterocycles. The van der Waals surface area contributed by atoms with Gasteiger partial charge in [0.2, 0.25) is 11.5 Å². The third-order valence-corrected chi connectivity index (χ3v) is 5.58. The van der Waals surface area contributed by atoms with Gasteiger partial charge in [-0.2, -0.15) is 9.66 Å². The zero-order chi connectivity index (χ0) is 18.4. The number of imidazole rings is 1. The Morgan fingerprint density at radius 1 is 1.15 bits per heavy atom. The molecule has 1 saturated heterocycles. The van der Waals surface area contributed by atoms with Gasteiger partial charge < -0.3 is 4.90 Å². The maximum absolute atomic E-state index is 9.88. The lowest BCUT2D eigenvalue weighted by molar-refractivity contribution is -0.468. The van der Waals surface area contributed by atoms with Gasteiger partial charge in [-0.1, -0.05) is 26.0 Å². The second-order valence-corrected chi connectivity index (χ2v) is 7.62. The van der Waals surface area contributed by atoms with Crippen molar-refractivity contribution in [3.05, 3.63) is 41.0 Å². The third-order valence-electron chi connectivity index (χ3n) is 5.58. The molecular weight excluding hydrogens is 322 g/mol. The van der Waals surface area contributed by atoms with Crippen molar-refractivity contribution in [2.24, 2.45) is 0 Å². The Bertz CT molecular complexity index is 1020. The van der Waals surface area contributed by atoms with E-state index < -0.39 is 0 Å². The van der Waals surface area contributed by atoms with Gasteiger partial charge in [0.05, 0.1) is 13.1 Å². The van der Waals surface area contributed by atoms with E-state index in [0.29, 0.717) is 5.92 Å². The van der Waals surface area contributed by atoms with E-state index in [9.17, 15) is 5.26 Å². The van der Waals surface area contributed by atoms with E-state index in [0.717, 1.165) is 54.0 Å². The first-order chi connectivity index (χ1) is 12.5. The molecule has 0 atom stereocenters. The van der Waals surface area contributed by atoms with Crippen LogP contribution >= 0.6 is 0 Å². The van der Waals surface area contributed by atoms with E-state index >= 15 is 0 Å². The molecule has 1 fully saturated rings. The van der Waals surface area contributed by atoms with Crippen LogP contribution in [0.5, 0.6) is 0 Å². The maximum atomic E-state index is 9.88. The number of H-pyrrole nitrogens is 1. The Kier molecular flexibility index (Phi) is 4.08. The number of hydrogen-bond acceptors (Lipinski definition) is 3. The zero-order valence-electron chi connectivity index (χ0n) is 16.0. The largest absolute Gasteiger partial charge is 0.300 e. The van der Waals surface area contributed by atoms with Crippen LogP contribution in [0.1, 0.15) is 36.5 Å². The minimum absolute atomic E-state index is 0.349. The highest BCUT2D eigenvalue weighted by Gasteiger charge is 2.32. The summed E-state index contributed by atoms with van der Waals surface area (Å²) in [6.07, 6.45) is 0. The van der Waals surface area contributed by atoms with Crippen molar-refractivity contribution in [1.82, 2.24) is 9.88 Å². The fourth-order valence-corrected chi connectivity index (χ4v) is 4.23. The Morgan fingerprint density at radius 2 is 1.85 bits per heavy atom. The van der Waals surface area contributed by atoms with Crippen LogP contribution < -0.4 is 9.30 Å². The van der Waals surface area contributed by atoms with E-state index in [2.05, 4.69) is 71.3 Å². The summed E-state index contributed by atoms with van der Waals surface area (Å²) in [6, 6.07) is 10.8. The lowest BCUT2D eigenvalue weighted by Gasteiger charge is -2.32. The van der Waals surface area contributed by atoms with Gasteiger partial charge in [-0.3, -0.25) is 9.88 Å². The van der Waals surface area contributed by atoms with Crippen LogP contribution in [0.2, 0.25) is 0 Å². The van der Waals surface area contributed by atoms with Crippen LogP contribution in [0.25, 0.3) is 16.7 Å². The molecule has 26 heavy (non-hydrogen) atoms. The number of para-hydroxylation sites is 2. The lowest BCUT2D eigenvalue weighted by atomic mass is 9.94. The molecule has 2 aromatic heterocycles. The second kappa shape index (κ2) is 6.30. The number of nitriles is 1. The quantitative estimate of drug-likeness (QED) is 0.725. The van der Waals surface area contributed by atoms with Gasteiger partial charge in [0.1, 0.15) is 22.7 Å². The number of nitrogens with zero attached hydrogens (tertiary/aromatic N) is 4. The fraction of sp³-hybridized carbons (Fsp3) is 0.429. The number of rotatable bonds is 2. The highest BCUT2D eigenvalue weighted by molar-refractivity contribution is 5.78. The molecule has 1 aliphatic rings. The summed E-state index contributed by atoms with van der Waals surface area (Å²) >= 11 is 0. The summed E-state index contributed by atoms with van der Waals surface area (Å²) < 4.78 is 2.28. The summed E-state index contributed by atoms with van der Waals surface area (Å²) in [6.45, 7) is 10.7. The molecule has 134 valence electrons. The van der Waals surface area contributed by atoms with Crippen LogP contribution in [-0.2, 0) is 0 Å². The Balaban J connectivity index is 2.13. The van der Waals surface area contributed by atoms with Crippen LogP contribution in [0, 0.1) is 18.3 Å². The SMILES string of the molecule is Cc1c(C(C)C)c(N2CCN(C)CC2)[n+]2c([nH]c3ccccc32)c1C#N. The van der Waals surface area contributed by atoms with Gasteiger partial charge in [0, 0.05) is 18.7 Å². The number of pyridine rings is 1. The van der Waals surface area contributed by atoms with Gasteiger partial charge in [-0.05, 0) is 37.6 Å². The number of benzene rings is 1. The van der Waals surface area contributed by atoms with Crippen molar-refractivity contribution in [3.8, 4) is 6.07 Å². The molecular formula is C21H26N5+. The average Bonchev–Trinajstić information content (AvgIpc) is 3.00. The molecule has 0 amide bonds. The molecule has 5 heteroatoms. The molecule has 0 bridgehead atoms. The number of aromatic nitrogens is 2. The number of nitrogens with one attached hydrogen (secondary N) is 1. The van der Waals surface area contributed by atoms with E-state index in [4.69, 9.17) is 0 Å². The topological polar surface area (TPSA) is 50.2 Å². The Labute approximate surface area is 154 Å². The summed E-state index contributed by atoms with van der Waals surface area (Å²) in [7, 11) is 2.18. The second-order valence-electron chi connectivity index (χ2n) is 7.62. The summed E-state index contributed by atoms with van der Waals surface area (Å²) in [5, 5.41) is 9.88. The molecule has 0 unspecified atom stereocenters. The van der Waals surface area contributed by atoms with E-state index in [1.54, 1.807) is 0 Å². The highest BCUT2D eigenvalue weighted by Crippen LogP contribution is 2.33. The number of anilines is 1. The smallest absolute Gasteiger partial charge is 0.250 e. The molecule has 0 spiro atoms. The monoisotopic (exact) mass is 348 g/mol. The standard InChI is InChI=1S/C21H25N5/c1-14(2)19-15(3)16(13-22)20-23-17-7-5-6-8-18(17)26(20)21(19)25-11-9-24(4)10-12-25/h5-8,14H,9-12H2,1-4H3/p+1. The Hall–Kier alpha value is -2.58. The van der Waals surface area contributed by atoms with Gasteiger partial charge in [-0.25, -0.2) is 0 Å². The Morgan fingerprint density at radius 3 is 2.50 bits per heavy atom. The van der Waals surface area contributed by atoms with E-state index in [1.807, 2.05) is 6.07 Å². The van der Waals surface area contributed by atoms with Gasteiger partial charge >= 0.3 is 0 Å². The van der Waals surface area contributed by atoms with Crippen molar-refractivity contribution in [2.75, 3.05) is 38.1 Å². The van der Waals surface area contributed by atoms with Crippen LogP contribution in [0.3, 0.4) is 0 Å². The minimum Gasteiger partial charge on any atom is -0.300 e. The number of aromatic amines is 1. The summed E-state index contributed by atoms with van der Waals surface area (Å²) in [5.41, 5.74) is 6.25. The molecule has 0 aliphatic carbocycles.